The lowest BCUT2D eigenvalue weighted by Gasteiger charge is -2.31. The van der Waals surface area contributed by atoms with E-state index in [1.165, 1.54) is 28.3 Å². The summed E-state index contributed by atoms with van der Waals surface area (Å²) >= 11 is 0. The van der Waals surface area contributed by atoms with Crippen molar-refractivity contribution in [2.24, 2.45) is 0 Å². The number of nitrogens with one attached hydrogen (secondary N) is 1. The quantitative estimate of drug-likeness (QED) is 0.800. The molecule has 1 aliphatic rings. The molecule has 1 aromatic heterocycles. The molecule has 0 spiro atoms. The van der Waals surface area contributed by atoms with E-state index in [-0.39, 0.29) is 6.04 Å². The SMILES string of the molecule is c1cncc(C(c2ccc3ccccc3c2)N2CCCNCC2)c1. The van der Waals surface area contributed by atoms with Gasteiger partial charge in [0, 0.05) is 32.0 Å². The number of fused-ring (bicyclic) bond motifs is 1. The molecule has 1 unspecified atom stereocenters. The Morgan fingerprint density at radius 1 is 0.875 bits per heavy atom. The first-order valence-corrected chi connectivity index (χ1v) is 8.75. The molecular weight excluding hydrogens is 294 g/mol. The Morgan fingerprint density at radius 3 is 2.67 bits per heavy atom. The number of nitrogens with zero attached hydrogens (tertiary/aromatic N) is 2. The van der Waals surface area contributed by atoms with Crippen molar-refractivity contribution >= 4 is 10.8 Å². The van der Waals surface area contributed by atoms with E-state index in [9.17, 15) is 0 Å². The van der Waals surface area contributed by atoms with Gasteiger partial charge in [0.15, 0.2) is 0 Å². The third kappa shape index (κ3) is 3.18. The summed E-state index contributed by atoms with van der Waals surface area (Å²) in [4.78, 5) is 6.95. The molecule has 3 heteroatoms. The molecule has 0 aliphatic carbocycles. The van der Waals surface area contributed by atoms with E-state index in [4.69, 9.17) is 0 Å². The van der Waals surface area contributed by atoms with Crippen molar-refractivity contribution in [1.29, 1.82) is 0 Å². The van der Waals surface area contributed by atoms with Gasteiger partial charge in [0.05, 0.1) is 6.04 Å². The van der Waals surface area contributed by atoms with Gasteiger partial charge in [-0.3, -0.25) is 9.88 Å². The van der Waals surface area contributed by atoms with E-state index in [2.05, 4.69) is 63.7 Å². The van der Waals surface area contributed by atoms with Gasteiger partial charge in [0.1, 0.15) is 0 Å². The predicted octanol–water partition coefficient (Wildman–Crippen LogP) is 3.62. The summed E-state index contributed by atoms with van der Waals surface area (Å²) < 4.78 is 0. The molecular formula is C21H23N3. The number of aromatic nitrogens is 1. The van der Waals surface area contributed by atoms with Crippen molar-refractivity contribution in [2.75, 3.05) is 26.2 Å². The van der Waals surface area contributed by atoms with E-state index < -0.39 is 0 Å². The maximum absolute atomic E-state index is 4.37. The van der Waals surface area contributed by atoms with Crippen molar-refractivity contribution in [3.8, 4) is 0 Å². The number of benzene rings is 2. The minimum absolute atomic E-state index is 0.267. The lowest BCUT2D eigenvalue weighted by Crippen LogP contribution is -2.33. The molecule has 3 aromatic rings. The average molecular weight is 317 g/mol. The van der Waals surface area contributed by atoms with Crippen LogP contribution in [0.15, 0.2) is 67.0 Å². The first-order chi connectivity index (χ1) is 11.9. The van der Waals surface area contributed by atoms with Crippen molar-refractivity contribution in [3.05, 3.63) is 78.1 Å². The summed E-state index contributed by atoms with van der Waals surface area (Å²) in [5.41, 5.74) is 2.62. The van der Waals surface area contributed by atoms with Crippen LogP contribution < -0.4 is 5.32 Å². The van der Waals surface area contributed by atoms with Gasteiger partial charge in [-0.2, -0.15) is 0 Å². The summed E-state index contributed by atoms with van der Waals surface area (Å²) in [6, 6.07) is 19.9. The summed E-state index contributed by atoms with van der Waals surface area (Å²) in [7, 11) is 0. The highest BCUT2D eigenvalue weighted by atomic mass is 15.2. The van der Waals surface area contributed by atoms with Crippen molar-refractivity contribution < 1.29 is 0 Å². The molecule has 1 saturated heterocycles. The van der Waals surface area contributed by atoms with Crippen molar-refractivity contribution in [3.63, 3.8) is 0 Å². The van der Waals surface area contributed by atoms with E-state index in [0.29, 0.717) is 0 Å². The monoisotopic (exact) mass is 317 g/mol. The van der Waals surface area contributed by atoms with Crippen LogP contribution in [0.1, 0.15) is 23.6 Å². The highest BCUT2D eigenvalue weighted by Crippen LogP contribution is 2.30. The normalized spacial score (nSPS) is 17.5. The van der Waals surface area contributed by atoms with Crippen LogP contribution >= 0.6 is 0 Å². The van der Waals surface area contributed by atoms with Gasteiger partial charge < -0.3 is 5.32 Å². The zero-order valence-electron chi connectivity index (χ0n) is 13.9. The third-order valence-electron chi connectivity index (χ3n) is 4.83. The second-order valence-electron chi connectivity index (χ2n) is 6.44. The molecule has 1 atom stereocenters. The van der Waals surface area contributed by atoms with Gasteiger partial charge >= 0.3 is 0 Å². The van der Waals surface area contributed by atoms with Crippen LogP contribution in [0.2, 0.25) is 0 Å². The van der Waals surface area contributed by atoms with Crippen LogP contribution in [0.3, 0.4) is 0 Å². The molecule has 4 rings (SSSR count). The maximum atomic E-state index is 4.37. The minimum atomic E-state index is 0.267. The zero-order chi connectivity index (χ0) is 16.2. The molecule has 1 N–H and O–H groups in total. The van der Waals surface area contributed by atoms with Gasteiger partial charge in [0.2, 0.25) is 0 Å². The van der Waals surface area contributed by atoms with Crippen LogP contribution in [0.25, 0.3) is 10.8 Å². The average Bonchev–Trinajstić information content (AvgIpc) is 2.92. The Balaban J connectivity index is 1.78. The molecule has 0 bridgehead atoms. The fraction of sp³-hybridized carbons (Fsp3) is 0.286. The Kier molecular flexibility index (Phi) is 4.54. The second kappa shape index (κ2) is 7.12. The lowest BCUT2D eigenvalue weighted by atomic mass is 9.95. The van der Waals surface area contributed by atoms with Gasteiger partial charge in [0.25, 0.3) is 0 Å². The van der Waals surface area contributed by atoms with Gasteiger partial charge in [-0.25, -0.2) is 0 Å². The molecule has 24 heavy (non-hydrogen) atoms. The van der Waals surface area contributed by atoms with Gasteiger partial charge in [-0.05, 0) is 47.0 Å². The fourth-order valence-corrected chi connectivity index (χ4v) is 3.65. The Bertz CT molecular complexity index is 792. The molecule has 2 heterocycles. The topological polar surface area (TPSA) is 28.2 Å². The Morgan fingerprint density at radius 2 is 1.79 bits per heavy atom. The molecule has 122 valence electrons. The highest BCUT2D eigenvalue weighted by molar-refractivity contribution is 5.83. The molecule has 0 saturated carbocycles. The molecule has 0 amide bonds. The zero-order valence-corrected chi connectivity index (χ0v) is 13.9. The van der Waals surface area contributed by atoms with Crippen LogP contribution in [-0.4, -0.2) is 36.1 Å². The van der Waals surface area contributed by atoms with Crippen LogP contribution in [0.4, 0.5) is 0 Å². The van der Waals surface area contributed by atoms with E-state index in [0.717, 1.165) is 26.2 Å². The number of pyridine rings is 1. The summed E-state index contributed by atoms with van der Waals surface area (Å²) in [5.74, 6) is 0. The molecule has 3 nitrogen and oxygen atoms in total. The van der Waals surface area contributed by atoms with Crippen LogP contribution in [0.5, 0.6) is 0 Å². The van der Waals surface area contributed by atoms with Crippen molar-refractivity contribution in [2.45, 2.75) is 12.5 Å². The van der Waals surface area contributed by atoms with Gasteiger partial charge in [-0.15, -0.1) is 0 Å². The molecule has 1 aliphatic heterocycles. The van der Waals surface area contributed by atoms with Crippen LogP contribution in [0, 0.1) is 0 Å². The molecule has 0 radical (unpaired) electrons. The number of hydrogen-bond acceptors (Lipinski definition) is 3. The summed E-state index contributed by atoms with van der Waals surface area (Å²) in [5, 5.41) is 6.11. The summed E-state index contributed by atoms with van der Waals surface area (Å²) in [6.45, 7) is 4.32. The molecule has 2 aromatic carbocycles. The Hall–Kier alpha value is -2.23. The van der Waals surface area contributed by atoms with Gasteiger partial charge in [-0.1, -0.05) is 42.5 Å². The summed E-state index contributed by atoms with van der Waals surface area (Å²) in [6.07, 6.45) is 5.05. The van der Waals surface area contributed by atoms with E-state index in [1.54, 1.807) is 0 Å². The fourth-order valence-electron chi connectivity index (χ4n) is 3.65. The van der Waals surface area contributed by atoms with Crippen molar-refractivity contribution in [1.82, 2.24) is 15.2 Å². The maximum Gasteiger partial charge on any atom is 0.0617 e. The largest absolute Gasteiger partial charge is 0.315 e. The van der Waals surface area contributed by atoms with E-state index >= 15 is 0 Å². The standard InChI is InChI=1S/C21H23N3/c1-2-6-18-15-19(9-8-17(18)5-1)21(20-7-3-10-23-16-20)24-13-4-11-22-12-14-24/h1-3,5-10,15-16,21-22H,4,11-14H2. The predicted molar refractivity (Wildman–Crippen MR) is 99.1 cm³/mol. The van der Waals surface area contributed by atoms with Crippen LogP contribution in [-0.2, 0) is 0 Å². The minimum Gasteiger partial charge on any atom is -0.315 e. The highest BCUT2D eigenvalue weighted by Gasteiger charge is 2.23. The first-order valence-electron chi connectivity index (χ1n) is 8.75. The smallest absolute Gasteiger partial charge is 0.0617 e. The third-order valence-corrected chi connectivity index (χ3v) is 4.83. The van der Waals surface area contributed by atoms with E-state index in [1.807, 2.05) is 18.5 Å². The lowest BCUT2D eigenvalue weighted by molar-refractivity contribution is 0.241. The molecule has 1 fully saturated rings. The Labute approximate surface area is 143 Å². The second-order valence-corrected chi connectivity index (χ2v) is 6.44. The number of rotatable bonds is 3. The first kappa shape index (κ1) is 15.3. The number of hydrogen-bond donors (Lipinski definition) is 1.